The van der Waals surface area contributed by atoms with Gasteiger partial charge in [-0.1, -0.05) is 36.4 Å². The van der Waals surface area contributed by atoms with E-state index in [0.29, 0.717) is 36.0 Å². The minimum atomic E-state index is -3.39. The predicted molar refractivity (Wildman–Crippen MR) is 96.0 cm³/mol. The highest BCUT2D eigenvalue weighted by Gasteiger charge is 2.28. The number of halogens is 1. The Bertz CT molecular complexity index is 788. The van der Waals surface area contributed by atoms with Crippen LogP contribution in [0, 0.1) is 11.7 Å². The van der Waals surface area contributed by atoms with Crippen LogP contribution in [0.3, 0.4) is 0 Å². The molecule has 0 saturated carbocycles. The highest BCUT2D eigenvalue weighted by atomic mass is 32.2. The van der Waals surface area contributed by atoms with Crippen LogP contribution in [0.15, 0.2) is 59.5 Å². The van der Waals surface area contributed by atoms with Crippen LogP contribution >= 0.6 is 0 Å². The van der Waals surface area contributed by atoms with Crippen LogP contribution in [0.25, 0.3) is 0 Å². The second-order valence-electron chi connectivity index (χ2n) is 6.38. The molecule has 0 aromatic heterocycles. The summed E-state index contributed by atoms with van der Waals surface area (Å²) in [6, 6.07) is 15.3. The van der Waals surface area contributed by atoms with Gasteiger partial charge in [0.25, 0.3) is 0 Å². The van der Waals surface area contributed by atoms with Gasteiger partial charge in [0.05, 0.1) is 4.90 Å². The normalized spacial score (nSPS) is 16.8. The molecule has 0 atom stereocenters. The second-order valence-corrected chi connectivity index (χ2v) is 8.32. The summed E-state index contributed by atoms with van der Waals surface area (Å²) < 4.78 is 40.3. The van der Waals surface area contributed by atoms with Gasteiger partial charge in [-0.05, 0) is 43.5 Å². The molecule has 0 spiro atoms. The molecule has 0 radical (unpaired) electrons. The smallest absolute Gasteiger partial charge is 0.243 e. The Labute approximate surface area is 148 Å². The van der Waals surface area contributed by atoms with Gasteiger partial charge < -0.3 is 5.32 Å². The van der Waals surface area contributed by atoms with E-state index in [2.05, 4.69) is 5.32 Å². The van der Waals surface area contributed by atoms with Gasteiger partial charge in [0, 0.05) is 25.2 Å². The lowest BCUT2D eigenvalue weighted by molar-refractivity contribution is 0.267. The third-order valence-corrected chi connectivity index (χ3v) is 6.57. The molecule has 0 aliphatic carbocycles. The van der Waals surface area contributed by atoms with E-state index in [1.807, 2.05) is 12.1 Å². The van der Waals surface area contributed by atoms with Crippen LogP contribution in [-0.4, -0.2) is 32.4 Å². The quantitative estimate of drug-likeness (QED) is 0.859. The zero-order chi connectivity index (χ0) is 17.7. The molecule has 6 heteroatoms. The third kappa shape index (κ3) is 4.45. The first-order valence-electron chi connectivity index (χ1n) is 8.56. The van der Waals surface area contributed by atoms with Crippen molar-refractivity contribution in [1.82, 2.24) is 9.62 Å². The van der Waals surface area contributed by atoms with Gasteiger partial charge >= 0.3 is 0 Å². The SMILES string of the molecule is O=S(=O)(c1ccccc1)N1CCC(CNCc2ccccc2F)CC1. The molecule has 4 nitrogen and oxygen atoms in total. The molecule has 0 unspecified atom stereocenters. The van der Waals surface area contributed by atoms with E-state index in [-0.39, 0.29) is 5.82 Å². The van der Waals surface area contributed by atoms with E-state index in [1.165, 1.54) is 6.07 Å². The Morgan fingerprint density at radius 2 is 1.64 bits per heavy atom. The largest absolute Gasteiger partial charge is 0.312 e. The van der Waals surface area contributed by atoms with Crippen molar-refractivity contribution in [2.75, 3.05) is 19.6 Å². The van der Waals surface area contributed by atoms with Crippen LogP contribution < -0.4 is 5.32 Å². The van der Waals surface area contributed by atoms with Gasteiger partial charge in [0.2, 0.25) is 10.0 Å². The Kier molecular flexibility index (Phi) is 5.83. The van der Waals surface area contributed by atoms with E-state index < -0.39 is 10.0 Å². The summed E-state index contributed by atoms with van der Waals surface area (Å²) in [5, 5.41) is 3.29. The number of hydrogen-bond acceptors (Lipinski definition) is 3. The standard InChI is InChI=1S/C19H23FN2O2S/c20-19-9-5-4-6-17(19)15-21-14-16-10-12-22(13-11-16)25(23,24)18-7-2-1-3-8-18/h1-9,16,21H,10-15H2. The van der Waals surface area contributed by atoms with E-state index in [4.69, 9.17) is 0 Å². The van der Waals surface area contributed by atoms with E-state index in [1.54, 1.807) is 40.7 Å². The van der Waals surface area contributed by atoms with Crippen molar-refractivity contribution in [2.24, 2.45) is 5.92 Å². The molecule has 1 saturated heterocycles. The molecular weight excluding hydrogens is 339 g/mol. The fourth-order valence-electron chi connectivity index (χ4n) is 3.15. The molecule has 0 amide bonds. The molecule has 25 heavy (non-hydrogen) atoms. The topological polar surface area (TPSA) is 49.4 Å². The fraction of sp³-hybridized carbons (Fsp3) is 0.368. The second kappa shape index (κ2) is 8.08. The summed E-state index contributed by atoms with van der Waals surface area (Å²) in [5.74, 6) is 0.216. The Morgan fingerprint density at radius 3 is 2.32 bits per heavy atom. The highest BCUT2D eigenvalue weighted by molar-refractivity contribution is 7.89. The number of nitrogens with one attached hydrogen (secondary N) is 1. The first-order chi connectivity index (χ1) is 12.1. The Balaban J connectivity index is 1.48. The molecule has 1 aliphatic heterocycles. The lowest BCUT2D eigenvalue weighted by Crippen LogP contribution is -2.40. The molecule has 1 aliphatic rings. The predicted octanol–water partition coefficient (Wildman–Crippen LogP) is 3.02. The number of sulfonamides is 1. The van der Waals surface area contributed by atoms with Crippen molar-refractivity contribution in [3.05, 3.63) is 66.0 Å². The lowest BCUT2D eigenvalue weighted by Gasteiger charge is -2.31. The van der Waals surface area contributed by atoms with Gasteiger partial charge in [0.1, 0.15) is 5.82 Å². The summed E-state index contributed by atoms with van der Waals surface area (Å²) in [4.78, 5) is 0.353. The van der Waals surface area contributed by atoms with Crippen LogP contribution in [0.1, 0.15) is 18.4 Å². The van der Waals surface area contributed by atoms with Crippen molar-refractivity contribution in [3.63, 3.8) is 0 Å². The van der Waals surface area contributed by atoms with Crippen LogP contribution in [0.2, 0.25) is 0 Å². The number of piperidine rings is 1. The minimum absolute atomic E-state index is 0.196. The maximum Gasteiger partial charge on any atom is 0.243 e. The van der Waals surface area contributed by atoms with E-state index in [9.17, 15) is 12.8 Å². The lowest BCUT2D eigenvalue weighted by atomic mass is 9.98. The maximum atomic E-state index is 13.6. The molecule has 2 aromatic carbocycles. The van der Waals surface area contributed by atoms with Crippen molar-refractivity contribution in [1.29, 1.82) is 0 Å². The maximum absolute atomic E-state index is 13.6. The van der Waals surface area contributed by atoms with Crippen LogP contribution in [0.5, 0.6) is 0 Å². The van der Waals surface area contributed by atoms with Gasteiger partial charge in [-0.25, -0.2) is 12.8 Å². The molecule has 3 rings (SSSR count). The zero-order valence-electron chi connectivity index (χ0n) is 14.1. The average Bonchev–Trinajstić information content (AvgIpc) is 2.64. The number of hydrogen-bond donors (Lipinski definition) is 1. The minimum Gasteiger partial charge on any atom is -0.312 e. The molecule has 1 N–H and O–H groups in total. The van der Waals surface area contributed by atoms with Crippen molar-refractivity contribution < 1.29 is 12.8 Å². The van der Waals surface area contributed by atoms with Crippen LogP contribution in [0.4, 0.5) is 4.39 Å². The molecule has 1 heterocycles. The first-order valence-corrected chi connectivity index (χ1v) is 10.0. The van der Waals surface area contributed by atoms with Crippen molar-refractivity contribution in [3.8, 4) is 0 Å². The molecule has 2 aromatic rings. The van der Waals surface area contributed by atoms with Gasteiger partial charge in [-0.2, -0.15) is 4.31 Å². The number of nitrogens with zero attached hydrogens (tertiary/aromatic N) is 1. The van der Waals surface area contributed by atoms with Gasteiger partial charge in [0.15, 0.2) is 0 Å². The van der Waals surface area contributed by atoms with E-state index in [0.717, 1.165) is 19.4 Å². The molecule has 1 fully saturated rings. The summed E-state index contributed by atoms with van der Waals surface area (Å²) in [5.41, 5.74) is 0.659. The Hall–Kier alpha value is -1.76. The van der Waals surface area contributed by atoms with Crippen molar-refractivity contribution >= 4 is 10.0 Å². The van der Waals surface area contributed by atoms with Crippen molar-refractivity contribution in [2.45, 2.75) is 24.3 Å². The zero-order valence-corrected chi connectivity index (χ0v) is 14.9. The van der Waals surface area contributed by atoms with Gasteiger partial charge in [-0.3, -0.25) is 0 Å². The van der Waals surface area contributed by atoms with Crippen LogP contribution in [-0.2, 0) is 16.6 Å². The number of benzene rings is 2. The molecule has 134 valence electrons. The number of rotatable bonds is 6. The average molecular weight is 362 g/mol. The van der Waals surface area contributed by atoms with Gasteiger partial charge in [-0.15, -0.1) is 0 Å². The summed E-state index contributed by atoms with van der Waals surface area (Å²) in [7, 11) is -3.39. The Morgan fingerprint density at radius 1 is 1.00 bits per heavy atom. The summed E-state index contributed by atoms with van der Waals surface area (Å²) in [6.45, 7) is 2.33. The molecular formula is C19H23FN2O2S. The highest BCUT2D eigenvalue weighted by Crippen LogP contribution is 2.23. The summed E-state index contributed by atoms with van der Waals surface area (Å²) in [6.07, 6.45) is 1.63. The third-order valence-electron chi connectivity index (χ3n) is 4.66. The monoisotopic (exact) mass is 362 g/mol. The fourth-order valence-corrected chi connectivity index (χ4v) is 4.64. The summed E-state index contributed by atoms with van der Waals surface area (Å²) >= 11 is 0. The molecule has 0 bridgehead atoms. The van der Waals surface area contributed by atoms with E-state index >= 15 is 0 Å². The first kappa shape index (κ1) is 18.0.